The molecule has 1 fully saturated rings. The lowest BCUT2D eigenvalue weighted by Gasteiger charge is -2.15. The minimum atomic E-state index is -0.0272. The predicted octanol–water partition coefficient (Wildman–Crippen LogP) is -0.105. The van der Waals surface area contributed by atoms with Gasteiger partial charge in [-0.05, 0) is 6.92 Å². The second-order valence-corrected chi connectivity index (χ2v) is 3.48. The predicted molar refractivity (Wildman–Crippen MR) is 54.7 cm³/mol. The highest BCUT2D eigenvalue weighted by Crippen LogP contribution is 2.15. The van der Waals surface area contributed by atoms with Crippen molar-refractivity contribution in [2.24, 2.45) is 0 Å². The number of carbonyl (C=O) groups excluding carboxylic acids is 1. The van der Waals surface area contributed by atoms with Crippen LogP contribution in [0, 0.1) is 0 Å². The monoisotopic (exact) mass is 217 g/mol. The summed E-state index contributed by atoms with van der Waals surface area (Å²) in [5.41, 5.74) is 0. The van der Waals surface area contributed by atoms with Crippen molar-refractivity contribution in [1.82, 2.24) is 4.90 Å². The Hall–Kier alpha value is -0.650. The first kappa shape index (κ1) is 12.4. The maximum atomic E-state index is 11.6. The van der Waals surface area contributed by atoms with Crippen LogP contribution in [0.2, 0.25) is 0 Å². The summed E-state index contributed by atoms with van der Waals surface area (Å²) in [6, 6.07) is 0. The van der Waals surface area contributed by atoms with Gasteiger partial charge in [-0.15, -0.1) is 0 Å². The average Bonchev–Trinajstić information content (AvgIpc) is 2.68. The molecule has 0 bridgehead atoms. The lowest BCUT2D eigenvalue weighted by atomic mass is 10.3. The molecule has 1 saturated heterocycles. The molecule has 2 unspecified atom stereocenters. The van der Waals surface area contributed by atoms with E-state index in [1.807, 2.05) is 6.92 Å². The van der Waals surface area contributed by atoms with Gasteiger partial charge in [-0.1, -0.05) is 0 Å². The van der Waals surface area contributed by atoms with E-state index < -0.39 is 0 Å². The third kappa shape index (κ3) is 3.15. The normalized spacial score (nSPS) is 25.9. The Balaban J connectivity index is 2.42. The van der Waals surface area contributed by atoms with Gasteiger partial charge in [-0.2, -0.15) is 0 Å². The Morgan fingerprint density at radius 3 is 2.20 bits per heavy atom. The molecule has 1 heterocycles. The van der Waals surface area contributed by atoms with Crippen molar-refractivity contribution in [3.63, 3.8) is 0 Å². The first-order valence-corrected chi connectivity index (χ1v) is 5.14. The van der Waals surface area contributed by atoms with Crippen molar-refractivity contribution in [2.75, 3.05) is 40.5 Å². The third-order valence-electron chi connectivity index (χ3n) is 2.60. The largest absolute Gasteiger partial charge is 0.377 e. The highest BCUT2D eigenvalue weighted by atomic mass is 16.5. The van der Waals surface area contributed by atoms with Crippen molar-refractivity contribution in [2.45, 2.75) is 19.1 Å². The number of rotatable bonds is 5. The summed E-state index contributed by atoms with van der Waals surface area (Å²) in [7, 11) is 3.26. The van der Waals surface area contributed by atoms with Gasteiger partial charge in [0, 0.05) is 33.9 Å². The van der Waals surface area contributed by atoms with Crippen LogP contribution in [0.3, 0.4) is 0 Å². The van der Waals surface area contributed by atoms with Crippen LogP contribution in [-0.4, -0.2) is 63.5 Å². The smallest absolute Gasteiger partial charge is 0.248 e. The van der Waals surface area contributed by atoms with Crippen LogP contribution in [0.25, 0.3) is 0 Å². The molecule has 5 nitrogen and oxygen atoms in total. The molecule has 1 rings (SSSR count). The molecule has 2 atom stereocenters. The molecule has 0 aromatic heterocycles. The molecule has 0 aliphatic carbocycles. The van der Waals surface area contributed by atoms with Gasteiger partial charge >= 0.3 is 0 Å². The average molecular weight is 217 g/mol. The molecule has 15 heavy (non-hydrogen) atoms. The number of carbonyl (C=O) groups is 1. The Kier molecular flexibility index (Phi) is 5.01. The molecule has 1 aliphatic heterocycles. The number of methoxy groups -OCH3 is 2. The number of hydrogen-bond acceptors (Lipinski definition) is 4. The maximum Gasteiger partial charge on any atom is 0.248 e. The van der Waals surface area contributed by atoms with Gasteiger partial charge in [0.25, 0.3) is 0 Å². The van der Waals surface area contributed by atoms with Crippen molar-refractivity contribution in [3.05, 3.63) is 0 Å². The van der Waals surface area contributed by atoms with E-state index in [9.17, 15) is 4.79 Å². The summed E-state index contributed by atoms with van der Waals surface area (Å²) in [5, 5.41) is 0. The van der Waals surface area contributed by atoms with E-state index in [-0.39, 0.29) is 24.7 Å². The minimum Gasteiger partial charge on any atom is -0.377 e. The molecule has 0 N–H and O–H groups in total. The number of nitrogens with zero attached hydrogens (tertiary/aromatic N) is 1. The zero-order valence-corrected chi connectivity index (χ0v) is 9.56. The molecular weight excluding hydrogens is 198 g/mol. The molecule has 5 heteroatoms. The van der Waals surface area contributed by atoms with Crippen molar-refractivity contribution in [1.29, 1.82) is 0 Å². The summed E-state index contributed by atoms with van der Waals surface area (Å²) in [6.45, 7) is 3.74. The molecular formula is C10H19NO4. The van der Waals surface area contributed by atoms with Crippen LogP contribution >= 0.6 is 0 Å². The molecule has 1 aliphatic rings. The molecule has 1 amide bonds. The summed E-state index contributed by atoms with van der Waals surface area (Å²) >= 11 is 0. The van der Waals surface area contributed by atoms with E-state index in [1.54, 1.807) is 19.1 Å². The molecule has 0 spiro atoms. The fourth-order valence-electron chi connectivity index (χ4n) is 1.68. The second-order valence-electron chi connectivity index (χ2n) is 3.48. The summed E-state index contributed by atoms with van der Waals surface area (Å²) in [4.78, 5) is 13.3. The number of hydrogen-bond donors (Lipinski definition) is 0. The quantitative estimate of drug-likeness (QED) is 0.645. The van der Waals surface area contributed by atoms with Crippen molar-refractivity contribution < 1.29 is 19.0 Å². The number of ether oxygens (including phenoxy) is 3. The zero-order valence-electron chi connectivity index (χ0n) is 9.56. The second kappa shape index (κ2) is 6.05. The summed E-state index contributed by atoms with van der Waals surface area (Å²) in [6.07, 6.45) is -0.0545. The van der Waals surface area contributed by atoms with E-state index in [4.69, 9.17) is 14.2 Å². The fraction of sp³-hybridized carbons (Fsp3) is 0.900. The van der Waals surface area contributed by atoms with E-state index in [1.165, 1.54) is 0 Å². The van der Waals surface area contributed by atoms with Gasteiger partial charge in [-0.3, -0.25) is 4.79 Å². The number of amides is 1. The highest BCUT2D eigenvalue weighted by molar-refractivity contribution is 5.77. The molecule has 0 radical (unpaired) electrons. The van der Waals surface area contributed by atoms with Crippen LogP contribution in [0.5, 0.6) is 0 Å². The first-order chi connectivity index (χ1) is 7.22. The summed E-state index contributed by atoms with van der Waals surface area (Å²) in [5.74, 6) is -0.00144. The van der Waals surface area contributed by atoms with Crippen LogP contribution in [0.15, 0.2) is 0 Å². The Morgan fingerprint density at radius 1 is 1.27 bits per heavy atom. The summed E-state index contributed by atoms with van der Waals surface area (Å²) < 4.78 is 15.6. The Labute approximate surface area is 90.3 Å². The topological polar surface area (TPSA) is 48.0 Å². The Bertz CT molecular complexity index is 198. The van der Waals surface area contributed by atoms with Crippen LogP contribution < -0.4 is 0 Å². The molecule has 0 saturated carbocycles. The van der Waals surface area contributed by atoms with Crippen molar-refractivity contribution >= 4 is 5.91 Å². The van der Waals surface area contributed by atoms with Gasteiger partial charge in [0.1, 0.15) is 18.8 Å². The standard InChI is InChI=1S/C10H19NO4/c1-4-15-7-10(12)11-5-8(13-2)9(6-11)14-3/h8-9H,4-7H2,1-3H3. The van der Waals surface area contributed by atoms with E-state index in [0.717, 1.165) is 0 Å². The van der Waals surface area contributed by atoms with E-state index >= 15 is 0 Å². The minimum absolute atomic E-state index is 0.00144. The van der Waals surface area contributed by atoms with Gasteiger partial charge < -0.3 is 19.1 Å². The number of likely N-dealkylation sites (tertiary alicyclic amines) is 1. The zero-order chi connectivity index (χ0) is 11.3. The van der Waals surface area contributed by atoms with Gasteiger partial charge in [0.05, 0.1) is 0 Å². The molecule has 0 aromatic rings. The van der Waals surface area contributed by atoms with Crippen LogP contribution in [0.1, 0.15) is 6.92 Å². The van der Waals surface area contributed by atoms with E-state index in [2.05, 4.69) is 0 Å². The fourth-order valence-corrected chi connectivity index (χ4v) is 1.68. The highest BCUT2D eigenvalue weighted by Gasteiger charge is 2.35. The molecule has 0 aromatic carbocycles. The van der Waals surface area contributed by atoms with Crippen molar-refractivity contribution in [3.8, 4) is 0 Å². The van der Waals surface area contributed by atoms with Crippen LogP contribution in [-0.2, 0) is 19.0 Å². The first-order valence-electron chi connectivity index (χ1n) is 5.14. The third-order valence-corrected chi connectivity index (χ3v) is 2.60. The lowest BCUT2D eigenvalue weighted by molar-refractivity contribution is -0.135. The van der Waals surface area contributed by atoms with Gasteiger partial charge in [-0.25, -0.2) is 0 Å². The Morgan fingerprint density at radius 2 is 1.80 bits per heavy atom. The van der Waals surface area contributed by atoms with Gasteiger partial charge in [0.15, 0.2) is 0 Å². The van der Waals surface area contributed by atoms with E-state index in [0.29, 0.717) is 19.7 Å². The maximum absolute atomic E-state index is 11.6. The van der Waals surface area contributed by atoms with Crippen LogP contribution in [0.4, 0.5) is 0 Å². The molecule has 88 valence electrons. The lowest BCUT2D eigenvalue weighted by Crippen LogP contribution is -2.33. The van der Waals surface area contributed by atoms with Gasteiger partial charge in [0.2, 0.25) is 5.91 Å². The SMILES string of the molecule is CCOCC(=O)N1CC(OC)C(OC)C1.